The number of hydrogen-bond donors (Lipinski definition) is 1. The summed E-state index contributed by atoms with van der Waals surface area (Å²) in [6, 6.07) is 8.52. The molecule has 2 N–H and O–H groups in total. The van der Waals surface area contributed by atoms with E-state index in [-0.39, 0.29) is 10.6 Å². The summed E-state index contributed by atoms with van der Waals surface area (Å²) in [7, 11) is -2.47. The molecule has 0 bridgehead atoms. The van der Waals surface area contributed by atoms with Gasteiger partial charge < -0.3 is 9.47 Å². The molecule has 0 amide bonds. The van der Waals surface area contributed by atoms with E-state index in [2.05, 4.69) is 0 Å². The fourth-order valence-corrected chi connectivity index (χ4v) is 2.40. The van der Waals surface area contributed by atoms with Crippen LogP contribution in [0.2, 0.25) is 0 Å². The standard InChI is InChI=1S/C15H16FNO4S/c1-3-10-4-6-14(15(8-10)20-2)21-13-7-5-11(9-12(13)16)22(17,18)19/h4-9H,3H2,1-2H3,(H2,17,18,19). The lowest BCUT2D eigenvalue weighted by atomic mass is 10.1. The number of primary sulfonamides is 1. The van der Waals surface area contributed by atoms with Crippen molar-refractivity contribution < 1.29 is 22.3 Å². The van der Waals surface area contributed by atoms with Crippen LogP contribution in [0.3, 0.4) is 0 Å². The van der Waals surface area contributed by atoms with Crippen LogP contribution in [0.4, 0.5) is 4.39 Å². The SMILES string of the molecule is CCc1ccc(Oc2ccc(S(N)(=O)=O)cc2F)c(OC)c1. The monoisotopic (exact) mass is 325 g/mol. The van der Waals surface area contributed by atoms with Crippen LogP contribution in [0.25, 0.3) is 0 Å². The fourth-order valence-electron chi connectivity index (χ4n) is 1.88. The van der Waals surface area contributed by atoms with Crippen molar-refractivity contribution in [2.45, 2.75) is 18.2 Å². The number of aryl methyl sites for hydroxylation is 1. The summed E-state index contributed by atoms with van der Waals surface area (Å²) < 4.78 is 47.0. The van der Waals surface area contributed by atoms with Gasteiger partial charge in [0.15, 0.2) is 23.1 Å². The molecule has 5 nitrogen and oxygen atoms in total. The average molecular weight is 325 g/mol. The van der Waals surface area contributed by atoms with Crippen LogP contribution in [0.1, 0.15) is 12.5 Å². The molecule has 0 fully saturated rings. The van der Waals surface area contributed by atoms with Crippen LogP contribution in [0, 0.1) is 5.82 Å². The van der Waals surface area contributed by atoms with Gasteiger partial charge in [-0.1, -0.05) is 13.0 Å². The van der Waals surface area contributed by atoms with E-state index in [4.69, 9.17) is 14.6 Å². The molecular formula is C15H16FNO4S. The van der Waals surface area contributed by atoms with Crippen molar-refractivity contribution >= 4 is 10.0 Å². The van der Waals surface area contributed by atoms with E-state index in [0.29, 0.717) is 11.5 Å². The number of methoxy groups -OCH3 is 1. The third kappa shape index (κ3) is 3.55. The molecule has 0 spiro atoms. The number of sulfonamides is 1. The van der Waals surface area contributed by atoms with Crippen LogP contribution in [-0.4, -0.2) is 15.5 Å². The molecule has 0 saturated heterocycles. The highest BCUT2D eigenvalue weighted by atomic mass is 32.2. The minimum Gasteiger partial charge on any atom is -0.493 e. The Balaban J connectivity index is 2.35. The van der Waals surface area contributed by atoms with Crippen LogP contribution >= 0.6 is 0 Å². The number of benzene rings is 2. The van der Waals surface area contributed by atoms with Crippen molar-refractivity contribution in [3.8, 4) is 17.2 Å². The Morgan fingerprint density at radius 2 is 1.77 bits per heavy atom. The Kier molecular flexibility index (Phi) is 4.68. The maximum absolute atomic E-state index is 14.0. The second-order valence-electron chi connectivity index (χ2n) is 4.58. The number of ether oxygens (including phenoxy) is 2. The molecule has 118 valence electrons. The van der Waals surface area contributed by atoms with Crippen molar-refractivity contribution in [2.24, 2.45) is 5.14 Å². The first kappa shape index (κ1) is 16.3. The molecule has 0 atom stereocenters. The van der Waals surface area contributed by atoms with Crippen molar-refractivity contribution in [2.75, 3.05) is 7.11 Å². The van der Waals surface area contributed by atoms with Crippen LogP contribution < -0.4 is 14.6 Å². The Morgan fingerprint density at radius 1 is 1.09 bits per heavy atom. The molecule has 22 heavy (non-hydrogen) atoms. The normalized spacial score (nSPS) is 11.3. The second-order valence-corrected chi connectivity index (χ2v) is 6.14. The van der Waals surface area contributed by atoms with Crippen LogP contribution in [0.5, 0.6) is 17.2 Å². The summed E-state index contributed by atoms with van der Waals surface area (Å²) in [5.74, 6) is -0.140. The van der Waals surface area contributed by atoms with Gasteiger partial charge in [0.05, 0.1) is 12.0 Å². The molecule has 0 saturated carbocycles. The lowest BCUT2D eigenvalue weighted by Gasteiger charge is -2.12. The molecule has 2 rings (SSSR count). The van der Waals surface area contributed by atoms with Crippen molar-refractivity contribution in [3.05, 3.63) is 47.8 Å². The molecule has 0 aromatic heterocycles. The van der Waals surface area contributed by atoms with Gasteiger partial charge in [-0.25, -0.2) is 17.9 Å². The minimum atomic E-state index is -3.96. The highest BCUT2D eigenvalue weighted by Crippen LogP contribution is 2.34. The van der Waals surface area contributed by atoms with E-state index in [1.807, 2.05) is 13.0 Å². The number of hydrogen-bond acceptors (Lipinski definition) is 4. The molecule has 0 heterocycles. The summed E-state index contributed by atoms with van der Waals surface area (Å²) >= 11 is 0. The highest BCUT2D eigenvalue weighted by molar-refractivity contribution is 7.89. The molecule has 0 aliphatic carbocycles. The van der Waals surface area contributed by atoms with Gasteiger partial charge in [0.1, 0.15) is 0 Å². The van der Waals surface area contributed by atoms with E-state index < -0.39 is 15.8 Å². The quantitative estimate of drug-likeness (QED) is 0.917. The third-order valence-electron chi connectivity index (χ3n) is 3.09. The smallest absolute Gasteiger partial charge is 0.238 e. The molecule has 0 radical (unpaired) electrons. The number of rotatable bonds is 5. The molecule has 0 aliphatic rings. The Hall–Kier alpha value is -2.12. The zero-order valence-electron chi connectivity index (χ0n) is 12.2. The van der Waals surface area contributed by atoms with Crippen LogP contribution in [0.15, 0.2) is 41.3 Å². The Labute approximate surface area is 128 Å². The molecular weight excluding hydrogens is 309 g/mol. The Bertz CT molecular complexity index is 790. The summed E-state index contributed by atoms with van der Waals surface area (Å²) in [5.41, 5.74) is 1.05. The molecule has 0 unspecified atom stereocenters. The lowest BCUT2D eigenvalue weighted by molar-refractivity contribution is 0.370. The summed E-state index contributed by atoms with van der Waals surface area (Å²) in [4.78, 5) is -0.314. The molecule has 2 aromatic rings. The largest absolute Gasteiger partial charge is 0.493 e. The van der Waals surface area contributed by atoms with Gasteiger partial charge in [0.2, 0.25) is 10.0 Å². The lowest BCUT2D eigenvalue weighted by Crippen LogP contribution is -2.12. The van der Waals surface area contributed by atoms with Gasteiger partial charge in [-0.3, -0.25) is 0 Å². The summed E-state index contributed by atoms with van der Waals surface area (Å²) in [6.45, 7) is 2.00. The first-order valence-corrected chi connectivity index (χ1v) is 8.07. The van der Waals surface area contributed by atoms with E-state index in [1.165, 1.54) is 19.2 Å². The van der Waals surface area contributed by atoms with Gasteiger partial charge in [0, 0.05) is 0 Å². The molecule has 7 heteroatoms. The van der Waals surface area contributed by atoms with E-state index in [1.54, 1.807) is 12.1 Å². The van der Waals surface area contributed by atoms with Crippen molar-refractivity contribution in [1.29, 1.82) is 0 Å². The van der Waals surface area contributed by atoms with Gasteiger partial charge >= 0.3 is 0 Å². The zero-order chi connectivity index (χ0) is 16.3. The highest BCUT2D eigenvalue weighted by Gasteiger charge is 2.14. The predicted octanol–water partition coefficient (Wildman–Crippen LogP) is 2.84. The van der Waals surface area contributed by atoms with Crippen LogP contribution in [-0.2, 0) is 16.4 Å². The summed E-state index contributed by atoms with van der Waals surface area (Å²) in [6.07, 6.45) is 0.827. The van der Waals surface area contributed by atoms with E-state index in [9.17, 15) is 12.8 Å². The van der Waals surface area contributed by atoms with E-state index in [0.717, 1.165) is 18.1 Å². The number of halogens is 1. The second kappa shape index (κ2) is 6.33. The predicted molar refractivity (Wildman–Crippen MR) is 80.2 cm³/mol. The third-order valence-corrected chi connectivity index (χ3v) is 4.00. The van der Waals surface area contributed by atoms with Crippen molar-refractivity contribution in [1.82, 2.24) is 0 Å². The summed E-state index contributed by atoms with van der Waals surface area (Å²) in [5, 5.41) is 4.95. The molecule has 2 aromatic carbocycles. The fraction of sp³-hybridized carbons (Fsp3) is 0.200. The topological polar surface area (TPSA) is 78.6 Å². The van der Waals surface area contributed by atoms with E-state index >= 15 is 0 Å². The number of nitrogens with two attached hydrogens (primary N) is 1. The van der Waals surface area contributed by atoms with Gasteiger partial charge in [-0.05, 0) is 42.3 Å². The van der Waals surface area contributed by atoms with Gasteiger partial charge in [0.25, 0.3) is 0 Å². The average Bonchev–Trinajstić information content (AvgIpc) is 2.48. The zero-order valence-corrected chi connectivity index (χ0v) is 13.0. The van der Waals surface area contributed by atoms with Crippen molar-refractivity contribution in [3.63, 3.8) is 0 Å². The maximum Gasteiger partial charge on any atom is 0.238 e. The maximum atomic E-state index is 14.0. The van der Waals surface area contributed by atoms with Gasteiger partial charge in [-0.2, -0.15) is 0 Å². The van der Waals surface area contributed by atoms with Gasteiger partial charge in [-0.15, -0.1) is 0 Å². The molecule has 0 aliphatic heterocycles. The minimum absolute atomic E-state index is 0.116. The Morgan fingerprint density at radius 3 is 2.32 bits per heavy atom. The first-order valence-electron chi connectivity index (χ1n) is 6.52. The first-order chi connectivity index (χ1) is 10.3.